The van der Waals surface area contributed by atoms with Crippen molar-refractivity contribution in [1.29, 1.82) is 0 Å². The van der Waals surface area contributed by atoms with Gasteiger partial charge in [0, 0.05) is 12.6 Å². The predicted molar refractivity (Wildman–Crippen MR) is 68.6 cm³/mol. The Bertz CT molecular complexity index is 387. The van der Waals surface area contributed by atoms with E-state index in [2.05, 4.69) is 4.90 Å². The Kier molecular flexibility index (Phi) is 4.66. The molecule has 0 bridgehead atoms. The molecule has 0 aliphatic carbocycles. The van der Waals surface area contributed by atoms with Crippen molar-refractivity contribution < 1.29 is 8.78 Å². The van der Waals surface area contributed by atoms with Crippen LogP contribution in [0.15, 0.2) is 18.2 Å². The minimum Gasteiger partial charge on any atom is -0.328 e. The second-order valence-electron chi connectivity index (χ2n) is 4.98. The number of alkyl halides is 2. The summed E-state index contributed by atoms with van der Waals surface area (Å²) in [5.74, 6) is 0. The molecule has 0 unspecified atom stereocenters. The molecule has 100 valence electrons. The first kappa shape index (κ1) is 13.4. The van der Waals surface area contributed by atoms with Crippen molar-refractivity contribution in [3.63, 3.8) is 0 Å². The fraction of sp³-hybridized carbons (Fsp3) is 0.571. The summed E-state index contributed by atoms with van der Waals surface area (Å²) in [4.78, 5) is 2.32. The van der Waals surface area contributed by atoms with Gasteiger partial charge in [-0.05, 0) is 42.6 Å². The van der Waals surface area contributed by atoms with Crippen molar-refractivity contribution in [3.8, 4) is 0 Å². The van der Waals surface area contributed by atoms with Gasteiger partial charge in [0.15, 0.2) is 0 Å². The topological polar surface area (TPSA) is 29.3 Å². The molecule has 0 aromatic heterocycles. The van der Waals surface area contributed by atoms with E-state index >= 15 is 0 Å². The van der Waals surface area contributed by atoms with Crippen LogP contribution in [0.5, 0.6) is 0 Å². The number of nitrogens with two attached hydrogens (primary N) is 1. The van der Waals surface area contributed by atoms with E-state index < -0.39 is 13.3 Å². The average molecular weight is 254 g/mol. The maximum absolute atomic E-state index is 12.8. The molecule has 0 atom stereocenters. The lowest BCUT2D eigenvalue weighted by atomic mass is 10.0. The molecular weight excluding hydrogens is 234 g/mol. The fourth-order valence-corrected chi connectivity index (χ4v) is 2.40. The highest BCUT2D eigenvalue weighted by molar-refractivity contribution is 5.31. The molecule has 1 heterocycles. The number of piperidine rings is 1. The molecule has 0 spiro atoms. The number of benzene rings is 1. The first-order valence-electron chi connectivity index (χ1n) is 6.43. The molecule has 18 heavy (non-hydrogen) atoms. The molecule has 1 saturated heterocycles. The lowest BCUT2D eigenvalue weighted by molar-refractivity contribution is 0.205. The SMILES string of the molecule is NC1CCN(Cc2ccc(CF)c(CF)c2)CC1. The maximum atomic E-state index is 12.8. The van der Waals surface area contributed by atoms with Crippen molar-refractivity contribution in [1.82, 2.24) is 4.90 Å². The van der Waals surface area contributed by atoms with Crippen LogP contribution in [-0.2, 0) is 19.9 Å². The van der Waals surface area contributed by atoms with E-state index in [0.29, 0.717) is 17.2 Å². The van der Waals surface area contributed by atoms with Crippen LogP contribution in [0.2, 0.25) is 0 Å². The molecule has 0 amide bonds. The minimum absolute atomic E-state index is 0.316. The van der Waals surface area contributed by atoms with Crippen LogP contribution >= 0.6 is 0 Å². The molecule has 1 aromatic carbocycles. The lowest BCUT2D eigenvalue weighted by Crippen LogP contribution is -2.39. The van der Waals surface area contributed by atoms with Gasteiger partial charge in [-0.25, -0.2) is 8.78 Å². The quantitative estimate of drug-likeness (QED) is 0.894. The first-order chi connectivity index (χ1) is 8.72. The van der Waals surface area contributed by atoms with Crippen LogP contribution in [0.25, 0.3) is 0 Å². The molecule has 0 radical (unpaired) electrons. The summed E-state index contributed by atoms with van der Waals surface area (Å²) < 4.78 is 25.4. The number of rotatable bonds is 4. The van der Waals surface area contributed by atoms with Gasteiger partial charge in [0.1, 0.15) is 13.3 Å². The van der Waals surface area contributed by atoms with Crippen LogP contribution in [0.3, 0.4) is 0 Å². The van der Waals surface area contributed by atoms with E-state index in [4.69, 9.17) is 5.73 Å². The predicted octanol–water partition coefficient (Wildman–Crippen LogP) is 2.55. The van der Waals surface area contributed by atoms with Crippen LogP contribution in [0, 0.1) is 0 Å². The van der Waals surface area contributed by atoms with Crippen LogP contribution in [0.1, 0.15) is 29.5 Å². The third kappa shape index (κ3) is 3.27. The zero-order chi connectivity index (χ0) is 13.0. The summed E-state index contributed by atoms with van der Waals surface area (Å²) in [6.07, 6.45) is 2.02. The molecular formula is C14H20F2N2. The summed E-state index contributed by atoms with van der Waals surface area (Å²) in [7, 11) is 0. The summed E-state index contributed by atoms with van der Waals surface area (Å²) in [6, 6.07) is 5.68. The monoisotopic (exact) mass is 254 g/mol. The van der Waals surface area contributed by atoms with E-state index in [1.54, 1.807) is 12.1 Å². The minimum atomic E-state index is -0.599. The number of hydrogen-bond acceptors (Lipinski definition) is 2. The van der Waals surface area contributed by atoms with Gasteiger partial charge in [-0.3, -0.25) is 4.90 Å². The highest BCUT2D eigenvalue weighted by Gasteiger charge is 2.16. The van der Waals surface area contributed by atoms with Gasteiger partial charge in [-0.2, -0.15) is 0 Å². The molecule has 2 N–H and O–H groups in total. The van der Waals surface area contributed by atoms with Crippen LogP contribution < -0.4 is 5.73 Å². The molecule has 1 aromatic rings. The summed E-state index contributed by atoms with van der Waals surface area (Å²) in [5.41, 5.74) is 7.84. The Morgan fingerprint density at radius 2 is 1.78 bits per heavy atom. The zero-order valence-corrected chi connectivity index (χ0v) is 10.5. The van der Waals surface area contributed by atoms with Crippen molar-refractivity contribution in [3.05, 3.63) is 34.9 Å². The molecule has 2 nitrogen and oxygen atoms in total. The smallest absolute Gasteiger partial charge is 0.115 e. The van der Waals surface area contributed by atoms with E-state index in [1.165, 1.54) is 0 Å². The second kappa shape index (κ2) is 6.25. The Hall–Kier alpha value is -1.00. The first-order valence-corrected chi connectivity index (χ1v) is 6.43. The molecule has 2 rings (SSSR count). The van der Waals surface area contributed by atoms with Crippen LogP contribution in [0.4, 0.5) is 8.78 Å². The molecule has 1 aliphatic heterocycles. The van der Waals surface area contributed by atoms with E-state index in [1.807, 2.05) is 6.07 Å². The molecule has 1 aliphatic rings. The Labute approximate surface area is 107 Å². The third-order valence-corrected chi connectivity index (χ3v) is 3.60. The maximum Gasteiger partial charge on any atom is 0.115 e. The largest absolute Gasteiger partial charge is 0.328 e. The standard InChI is InChI=1S/C14H20F2N2/c15-8-12-2-1-11(7-13(12)9-16)10-18-5-3-14(17)4-6-18/h1-2,7,14H,3-6,8-10,17H2. The average Bonchev–Trinajstić information content (AvgIpc) is 2.41. The lowest BCUT2D eigenvalue weighted by Gasteiger charge is -2.30. The van der Waals surface area contributed by atoms with Gasteiger partial charge in [0.25, 0.3) is 0 Å². The summed E-state index contributed by atoms with van der Waals surface area (Å²) in [6.45, 7) is 1.57. The van der Waals surface area contributed by atoms with Gasteiger partial charge >= 0.3 is 0 Å². The number of likely N-dealkylation sites (tertiary alicyclic amines) is 1. The highest BCUT2D eigenvalue weighted by atomic mass is 19.1. The summed E-state index contributed by atoms with van der Waals surface area (Å²) >= 11 is 0. The van der Waals surface area contributed by atoms with Crippen molar-refractivity contribution >= 4 is 0 Å². The molecule has 0 saturated carbocycles. The van der Waals surface area contributed by atoms with Gasteiger partial charge in [-0.1, -0.05) is 18.2 Å². The van der Waals surface area contributed by atoms with Gasteiger partial charge in [0.2, 0.25) is 0 Å². The van der Waals surface area contributed by atoms with Crippen LogP contribution in [-0.4, -0.2) is 24.0 Å². The van der Waals surface area contributed by atoms with E-state index in [9.17, 15) is 8.78 Å². The molecule has 1 fully saturated rings. The Balaban J connectivity index is 2.01. The van der Waals surface area contributed by atoms with Gasteiger partial charge in [-0.15, -0.1) is 0 Å². The number of nitrogens with zero attached hydrogens (tertiary/aromatic N) is 1. The molecule has 4 heteroatoms. The van der Waals surface area contributed by atoms with Crippen molar-refractivity contribution in [2.75, 3.05) is 13.1 Å². The van der Waals surface area contributed by atoms with E-state index in [0.717, 1.165) is 38.0 Å². The van der Waals surface area contributed by atoms with Gasteiger partial charge < -0.3 is 5.73 Å². The van der Waals surface area contributed by atoms with Crippen molar-refractivity contribution in [2.24, 2.45) is 5.73 Å². The third-order valence-electron chi connectivity index (χ3n) is 3.60. The normalized spacial score (nSPS) is 18.2. The Morgan fingerprint density at radius 3 is 2.39 bits per heavy atom. The summed E-state index contributed by atoms with van der Waals surface area (Å²) in [5, 5.41) is 0. The highest BCUT2D eigenvalue weighted by Crippen LogP contribution is 2.18. The second-order valence-corrected chi connectivity index (χ2v) is 4.98. The van der Waals surface area contributed by atoms with Crippen molar-refractivity contribution in [2.45, 2.75) is 38.8 Å². The van der Waals surface area contributed by atoms with E-state index in [-0.39, 0.29) is 0 Å². The number of hydrogen-bond donors (Lipinski definition) is 1. The number of halogens is 2. The fourth-order valence-electron chi connectivity index (χ4n) is 2.40. The Morgan fingerprint density at radius 1 is 1.11 bits per heavy atom. The van der Waals surface area contributed by atoms with Gasteiger partial charge in [0.05, 0.1) is 0 Å². The zero-order valence-electron chi connectivity index (χ0n) is 10.5.